The molecule has 2 aromatic carbocycles. The van der Waals surface area contributed by atoms with E-state index in [4.69, 9.17) is 39.5 Å². The molecule has 0 aromatic heterocycles. The van der Waals surface area contributed by atoms with Crippen LogP contribution in [0.2, 0.25) is 15.1 Å². The number of piperazine rings is 1. The molecular formula is C20H16Cl3F3N2O3. The second kappa shape index (κ2) is 9.54. The predicted octanol–water partition coefficient (Wildman–Crippen LogP) is 5.17. The van der Waals surface area contributed by atoms with Crippen LogP contribution in [0.5, 0.6) is 0 Å². The Hall–Kier alpha value is -2.16. The number of esters is 1. The molecule has 1 saturated heterocycles. The van der Waals surface area contributed by atoms with Crippen molar-refractivity contribution in [1.29, 1.82) is 0 Å². The van der Waals surface area contributed by atoms with E-state index in [1.807, 2.05) is 0 Å². The fourth-order valence-electron chi connectivity index (χ4n) is 3.10. The third kappa shape index (κ3) is 5.56. The van der Waals surface area contributed by atoms with E-state index in [-0.39, 0.29) is 33.7 Å². The zero-order chi connectivity index (χ0) is 22.8. The molecular weight excluding hydrogens is 480 g/mol. The van der Waals surface area contributed by atoms with Gasteiger partial charge in [-0.2, -0.15) is 13.2 Å². The van der Waals surface area contributed by atoms with Gasteiger partial charge < -0.3 is 14.5 Å². The van der Waals surface area contributed by atoms with Gasteiger partial charge in [-0.3, -0.25) is 4.79 Å². The number of anilines is 1. The number of carbonyl (C=O) groups excluding carboxylic acids is 2. The van der Waals surface area contributed by atoms with E-state index in [2.05, 4.69) is 0 Å². The Morgan fingerprint density at radius 2 is 1.61 bits per heavy atom. The number of hydrogen-bond donors (Lipinski definition) is 0. The minimum absolute atomic E-state index is 0.0431. The number of amides is 1. The van der Waals surface area contributed by atoms with Crippen molar-refractivity contribution in [3.8, 4) is 0 Å². The number of benzene rings is 2. The van der Waals surface area contributed by atoms with Crippen LogP contribution >= 0.6 is 34.8 Å². The summed E-state index contributed by atoms with van der Waals surface area (Å²) in [5.41, 5.74) is -0.426. The van der Waals surface area contributed by atoms with E-state index in [1.54, 1.807) is 11.0 Å². The molecule has 3 rings (SSSR count). The highest BCUT2D eigenvalue weighted by molar-refractivity contribution is 6.46. The largest absolute Gasteiger partial charge is 0.452 e. The maximum absolute atomic E-state index is 12.9. The molecule has 1 aliphatic heterocycles. The summed E-state index contributed by atoms with van der Waals surface area (Å²) in [4.78, 5) is 27.9. The van der Waals surface area contributed by atoms with Crippen LogP contribution in [0.3, 0.4) is 0 Å². The Bertz CT molecular complexity index is 993. The van der Waals surface area contributed by atoms with Crippen LogP contribution in [0.1, 0.15) is 15.9 Å². The van der Waals surface area contributed by atoms with Crippen molar-refractivity contribution < 1.29 is 27.5 Å². The molecule has 2 aromatic rings. The minimum atomic E-state index is -4.42. The molecule has 31 heavy (non-hydrogen) atoms. The Morgan fingerprint density at radius 3 is 2.26 bits per heavy atom. The fourth-order valence-corrected chi connectivity index (χ4v) is 3.78. The van der Waals surface area contributed by atoms with E-state index in [1.165, 1.54) is 23.1 Å². The first kappa shape index (κ1) is 23.5. The van der Waals surface area contributed by atoms with E-state index >= 15 is 0 Å². The van der Waals surface area contributed by atoms with Crippen LogP contribution < -0.4 is 4.90 Å². The maximum atomic E-state index is 12.9. The molecule has 0 atom stereocenters. The molecule has 0 spiro atoms. The van der Waals surface area contributed by atoms with Crippen molar-refractivity contribution in [3.05, 3.63) is 62.6 Å². The number of carbonyl (C=O) groups is 2. The first-order chi connectivity index (χ1) is 14.6. The summed E-state index contributed by atoms with van der Waals surface area (Å²) in [6, 6.07) is 7.85. The van der Waals surface area contributed by atoms with Gasteiger partial charge in [-0.05, 0) is 30.3 Å². The van der Waals surface area contributed by atoms with Gasteiger partial charge in [0, 0.05) is 31.9 Å². The average molecular weight is 496 g/mol. The quantitative estimate of drug-likeness (QED) is 0.434. The molecule has 0 aliphatic carbocycles. The van der Waals surface area contributed by atoms with Gasteiger partial charge in [-0.15, -0.1) is 0 Å². The number of halogens is 6. The Kier molecular flexibility index (Phi) is 7.24. The van der Waals surface area contributed by atoms with Crippen molar-refractivity contribution in [2.75, 3.05) is 37.7 Å². The lowest BCUT2D eigenvalue weighted by molar-refractivity contribution is -0.137. The smallest absolute Gasteiger partial charge is 0.416 e. The van der Waals surface area contributed by atoms with Gasteiger partial charge in [0.15, 0.2) is 6.61 Å². The van der Waals surface area contributed by atoms with Gasteiger partial charge in [0.1, 0.15) is 0 Å². The van der Waals surface area contributed by atoms with Crippen LogP contribution in [-0.2, 0) is 15.7 Å². The van der Waals surface area contributed by atoms with Crippen molar-refractivity contribution in [3.63, 3.8) is 0 Å². The van der Waals surface area contributed by atoms with Gasteiger partial charge in [-0.25, -0.2) is 4.79 Å². The highest BCUT2D eigenvalue weighted by Gasteiger charge is 2.31. The lowest BCUT2D eigenvalue weighted by Crippen LogP contribution is -2.50. The van der Waals surface area contributed by atoms with Crippen LogP contribution in [0.25, 0.3) is 0 Å². The number of nitrogens with zero attached hydrogens (tertiary/aromatic N) is 2. The molecule has 0 bridgehead atoms. The lowest BCUT2D eigenvalue weighted by atomic mass is 10.1. The average Bonchev–Trinajstić information content (AvgIpc) is 2.74. The number of ether oxygens (including phenoxy) is 1. The monoisotopic (exact) mass is 494 g/mol. The zero-order valence-corrected chi connectivity index (χ0v) is 18.2. The second-order valence-corrected chi connectivity index (χ2v) is 7.90. The molecule has 1 amide bonds. The number of alkyl halides is 3. The molecule has 1 heterocycles. The summed E-state index contributed by atoms with van der Waals surface area (Å²) < 4.78 is 43.8. The summed E-state index contributed by atoms with van der Waals surface area (Å²) in [6.45, 7) is 0.693. The van der Waals surface area contributed by atoms with Crippen molar-refractivity contribution in [2.45, 2.75) is 6.18 Å². The summed E-state index contributed by atoms with van der Waals surface area (Å²) in [6.07, 6.45) is -4.42. The van der Waals surface area contributed by atoms with Gasteiger partial charge >= 0.3 is 12.1 Å². The third-order valence-corrected chi connectivity index (χ3v) is 5.87. The summed E-state index contributed by atoms with van der Waals surface area (Å²) in [5.74, 6) is -1.32. The van der Waals surface area contributed by atoms with Gasteiger partial charge in [0.05, 0.1) is 26.2 Å². The molecule has 11 heteroatoms. The highest BCUT2D eigenvalue weighted by Crippen LogP contribution is 2.33. The van der Waals surface area contributed by atoms with Gasteiger partial charge in [-0.1, -0.05) is 40.9 Å². The first-order valence-electron chi connectivity index (χ1n) is 9.08. The summed E-state index contributed by atoms with van der Waals surface area (Å²) in [7, 11) is 0. The number of hydrogen-bond acceptors (Lipinski definition) is 4. The molecule has 5 nitrogen and oxygen atoms in total. The zero-order valence-electron chi connectivity index (χ0n) is 15.9. The van der Waals surface area contributed by atoms with Crippen LogP contribution in [0.15, 0.2) is 36.4 Å². The van der Waals surface area contributed by atoms with Gasteiger partial charge in [0.25, 0.3) is 5.91 Å². The molecule has 0 saturated carbocycles. The van der Waals surface area contributed by atoms with E-state index in [0.717, 1.165) is 12.1 Å². The first-order valence-corrected chi connectivity index (χ1v) is 10.2. The van der Waals surface area contributed by atoms with Crippen LogP contribution in [-0.4, -0.2) is 49.6 Å². The number of rotatable bonds is 4. The standard InChI is InChI=1S/C20H16Cl3F3N2O3/c21-14-4-5-15(22)18(23)17(14)19(30)31-11-16(29)28-8-6-27(7-9-28)13-3-1-2-12(10-13)20(24,25)26/h1-5,10H,6-9,11H2. The van der Waals surface area contributed by atoms with Gasteiger partial charge in [0.2, 0.25) is 0 Å². The maximum Gasteiger partial charge on any atom is 0.416 e. The van der Waals surface area contributed by atoms with Crippen LogP contribution in [0, 0.1) is 0 Å². The van der Waals surface area contributed by atoms with Crippen molar-refractivity contribution >= 4 is 52.4 Å². The van der Waals surface area contributed by atoms with E-state index in [0.29, 0.717) is 18.8 Å². The minimum Gasteiger partial charge on any atom is -0.452 e. The predicted molar refractivity (Wildman–Crippen MR) is 112 cm³/mol. The van der Waals surface area contributed by atoms with Crippen molar-refractivity contribution in [2.24, 2.45) is 0 Å². The molecule has 1 aliphatic rings. The SMILES string of the molecule is O=C(OCC(=O)N1CCN(c2cccc(C(F)(F)F)c2)CC1)c1c(Cl)ccc(Cl)c1Cl. The normalized spacial score (nSPS) is 14.5. The van der Waals surface area contributed by atoms with E-state index < -0.39 is 30.2 Å². The Labute approximate surface area is 191 Å². The summed E-state index contributed by atoms with van der Waals surface area (Å²) in [5, 5.41) is 0.0953. The molecule has 1 fully saturated rings. The highest BCUT2D eigenvalue weighted by atomic mass is 35.5. The topological polar surface area (TPSA) is 49.9 Å². The molecule has 166 valence electrons. The Balaban J connectivity index is 1.55. The molecule has 0 unspecified atom stereocenters. The fraction of sp³-hybridized carbons (Fsp3) is 0.300. The van der Waals surface area contributed by atoms with Crippen LogP contribution in [0.4, 0.5) is 18.9 Å². The van der Waals surface area contributed by atoms with Crippen molar-refractivity contribution in [1.82, 2.24) is 4.90 Å². The second-order valence-electron chi connectivity index (χ2n) is 6.71. The van der Waals surface area contributed by atoms with E-state index in [9.17, 15) is 22.8 Å². The summed E-state index contributed by atoms with van der Waals surface area (Å²) >= 11 is 17.8. The third-order valence-electron chi connectivity index (χ3n) is 4.75. The lowest BCUT2D eigenvalue weighted by Gasteiger charge is -2.36. The molecule has 0 radical (unpaired) electrons. The Morgan fingerprint density at radius 1 is 0.968 bits per heavy atom. The molecule has 0 N–H and O–H groups in total.